The van der Waals surface area contributed by atoms with E-state index in [2.05, 4.69) is 5.32 Å². The Kier molecular flexibility index (Phi) is 6.28. The molecule has 168 valence electrons. The van der Waals surface area contributed by atoms with Crippen molar-refractivity contribution in [3.63, 3.8) is 0 Å². The second-order valence-corrected chi connectivity index (χ2v) is 8.35. The van der Waals surface area contributed by atoms with Crippen LogP contribution in [0.2, 0.25) is 0 Å². The number of aryl methyl sites for hydroxylation is 1. The molecule has 2 aromatic carbocycles. The number of carbonyl (C=O) groups is 2. The molecule has 0 aliphatic rings. The molecular formula is C25H21NO6S. The van der Waals surface area contributed by atoms with Gasteiger partial charge in [-0.15, -0.1) is 11.3 Å². The van der Waals surface area contributed by atoms with E-state index in [4.69, 9.17) is 13.9 Å². The molecule has 33 heavy (non-hydrogen) atoms. The number of carbonyl (C=O) groups excluding carboxylic acids is 2. The van der Waals surface area contributed by atoms with Crippen molar-refractivity contribution in [1.82, 2.24) is 0 Å². The third kappa shape index (κ3) is 4.38. The van der Waals surface area contributed by atoms with Gasteiger partial charge in [-0.3, -0.25) is 4.79 Å². The Balaban J connectivity index is 1.77. The fourth-order valence-corrected chi connectivity index (χ4v) is 4.59. The van der Waals surface area contributed by atoms with Crippen molar-refractivity contribution in [1.29, 1.82) is 0 Å². The van der Waals surface area contributed by atoms with Crippen LogP contribution in [-0.2, 0) is 4.74 Å². The van der Waals surface area contributed by atoms with Gasteiger partial charge in [0, 0.05) is 15.8 Å². The minimum atomic E-state index is -0.757. The van der Waals surface area contributed by atoms with Crippen molar-refractivity contribution in [2.75, 3.05) is 19.0 Å². The number of esters is 1. The van der Waals surface area contributed by atoms with E-state index in [0.29, 0.717) is 27.3 Å². The van der Waals surface area contributed by atoms with E-state index in [-0.39, 0.29) is 17.7 Å². The molecule has 2 aromatic heterocycles. The lowest BCUT2D eigenvalue weighted by atomic mass is 10.0. The fourth-order valence-electron chi connectivity index (χ4n) is 3.53. The van der Waals surface area contributed by atoms with Gasteiger partial charge in [-0.2, -0.15) is 0 Å². The van der Waals surface area contributed by atoms with Crippen LogP contribution in [0.3, 0.4) is 0 Å². The van der Waals surface area contributed by atoms with Crippen LogP contribution < -0.4 is 15.7 Å². The molecule has 0 unspecified atom stereocenters. The van der Waals surface area contributed by atoms with E-state index < -0.39 is 17.5 Å². The van der Waals surface area contributed by atoms with Crippen LogP contribution >= 0.6 is 11.3 Å². The first-order valence-corrected chi connectivity index (χ1v) is 11.0. The largest absolute Gasteiger partial charge is 0.497 e. The number of benzene rings is 2. The van der Waals surface area contributed by atoms with E-state index in [1.807, 2.05) is 19.1 Å². The number of anilines is 1. The summed E-state index contributed by atoms with van der Waals surface area (Å²) in [6.07, 6.45) is 0. The van der Waals surface area contributed by atoms with Gasteiger partial charge < -0.3 is 19.2 Å². The lowest BCUT2D eigenvalue weighted by Crippen LogP contribution is -2.21. The Labute approximate surface area is 193 Å². The second-order valence-electron chi connectivity index (χ2n) is 7.13. The second kappa shape index (κ2) is 9.30. The van der Waals surface area contributed by atoms with Gasteiger partial charge in [0.05, 0.1) is 13.7 Å². The predicted octanol–water partition coefficient (Wildman–Crippen LogP) is 5.27. The summed E-state index contributed by atoms with van der Waals surface area (Å²) in [6.45, 7) is 3.74. The number of methoxy groups -OCH3 is 1. The van der Waals surface area contributed by atoms with Crippen LogP contribution in [0.25, 0.3) is 22.1 Å². The summed E-state index contributed by atoms with van der Waals surface area (Å²) in [7, 11) is 1.58. The maximum absolute atomic E-state index is 13.0. The molecule has 0 atom stereocenters. The van der Waals surface area contributed by atoms with Gasteiger partial charge in [-0.05, 0) is 43.7 Å². The smallest absolute Gasteiger partial charge is 0.349 e. The monoisotopic (exact) mass is 463 g/mol. The van der Waals surface area contributed by atoms with Crippen molar-refractivity contribution in [2.24, 2.45) is 0 Å². The van der Waals surface area contributed by atoms with Gasteiger partial charge in [0.2, 0.25) is 0 Å². The maximum atomic E-state index is 13.0. The molecule has 0 radical (unpaired) electrons. The molecular weight excluding hydrogens is 442 g/mol. The number of hydrogen-bond donors (Lipinski definition) is 1. The zero-order valence-corrected chi connectivity index (χ0v) is 19.1. The van der Waals surface area contributed by atoms with E-state index in [9.17, 15) is 14.4 Å². The fraction of sp³-hybridized carbons (Fsp3) is 0.160. The van der Waals surface area contributed by atoms with Gasteiger partial charge in [-0.25, -0.2) is 9.59 Å². The van der Waals surface area contributed by atoms with Crippen molar-refractivity contribution >= 4 is 39.2 Å². The third-order valence-electron chi connectivity index (χ3n) is 5.06. The molecule has 0 aliphatic heterocycles. The van der Waals surface area contributed by atoms with Crippen LogP contribution in [-0.4, -0.2) is 25.6 Å². The average molecular weight is 464 g/mol. The zero-order chi connectivity index (χ0) is 23.5. The van der Waals surface area contributed by atoms with E-state index in [0.717, 1.165) is 10.4 Å². The maximum Gasteiger partial charge on any atom is 0.349 e. The highest BCUT2D eigenvalue weighted by Gasteiger charge is 2.26. The number of ether oxygens (including phenoxy) is 2. The number of rotatable bonds is 6. The van der Waals surface area contributed by atoms with Crippen molar-refractivity contribution < 1.29 is 23.5 Å². The van der Waals surface area contributed by atoms with E-state index >= 15 is 0 Å². The Morgan fingerprint density at radius 1 is 1.09 bits per heavy atom. The Morgan fingerprint density at radius 2 is 1.82 bits per heavy atom. The molecule has 0 saturated carbocycles. The molecule has 1 N–H and O–H groups in total. The third-order valence-corrected chi connectivity index (χ3v) is 6.08. The topological polar surface area (TPSA) is 94.8 Å². The first-order valence-electron chi connectivity index (χ1n) is 10.2. The minimum Gasteiger partial charge on any atom is -0.497 e. The molecule has 0 bridgehead atoms. The molecule has 4 aromatic rings. The lowest BCUT2D eigenvalue weighted by Gasteiger charge is -2.10. The first-order chi connectivity index (χ1) is 15.9. The number of hydrogen-bond acceptors (Lipinski definition) is 7. The molecule has 1 amide bonds. The summed E-state index contributed by atoms with van der Waals surface area (Å²) < 4.78 is 15.8. The molecule has 7 nitrogen and oxygen atoms in total. The predicted molar refractivity (Wildman–Crippen MR) is 127 cm³/mol. The normalized spacial score (nSPS) is 10.8. The summed E-state index contributed by atoms with van der Waals surface area (Å²) in [5.41, 5.74) is 1.15. The quantitative estimate of drug-likeness (QED) is 0.309. The van der Waals surface area contributed by atoms with Crippen molar-refractivity contribution in [3.05, 3.63) is 81.0 Å². The summed E-state index contributed by atoms with van der Waals surface area (Å²) in [5, 5.41) is 3.64. The molecule has 8 heteroatoms. The summed E-state index contributed by atoms with van der Waals surface area (Å²) in [5.74, 6) is -0.544. The molecule has 0 spiro atoms. The van der Waals surface area contributed by atoms with Gasteiger partial charge in [0.1, 0.15) is 27.5 Å². The van der Waals surface area contributed by atoms with Crippen molar-refractivity contribution in [2.45, 2.75) is 13.8 Å². The number of nitrogens with one attached hydrogen (secondary N) is 1. The number of para-hydroxylation sites is 1. The molecule has 4 rings (SSSR count). The minimum absolute atomic E-state index is 0.152. The van der Waals surface area contributed by atoms with Gasteiger partial charge in [0.15, 0.2) is 0 Å². The van der Waals surface area contributed by atoms with Crippen LogP contribution in [0.1, 0.15) is 32.5 Å². The van der Waals surface area contributed by atoms with Crippen molar-refractivity contribution in [3.8, 4) is 16.9 Å². The van der Waals surface area contributed by atoms with Crippen LogP contribution in [0.5, 0.6) is 5.75 Å². The molecule has 0 aliphatic carbocycles. The molecule has 0 saturated heterocycles. The highest BCUT2D eigenvalue weighted by molar-refractivity contribution is 7.17. The average Bonchev–Trinajstić information content (AvgIpc) is 3.14. The lowest BCUT2D eigenvalue weighted by molar-refractivity contribution is 0.0529. The number of thiophene rings is 1. The van der Waals surface area contributed by atoms with E-state index in [1.54, 1.807) is 50.4 Å². The SMILES string of the molecule is CCOC(=O)c1c(NC(=O)c2cc3ccccc3oc2=O)sc(C)c1-c1ccc(OC)cc1. The molecule has 2 heterocycles. The Bertz CT molecular complexity index is 1400. The Morgan fingerprint density at radius 3 is 2.52 bits per heavy atom. The number of fused-ring (bicyclic) bond motifs is 1. The highest BCUT2D eigenvalue weighted by atomic mass is 32.1. The number of amides is 1. The Hall–Kier alpha value is -3.91. The first kappa shape index (κ1) is 22.3. The summed E-state index contributed by atoms with van der Waals surface area (Å²) in [6, 6.07) is 15.7. The van der Waals surface area contributed by atoms with Crippen LogP contribution in [0.15, 0.2) is 63.8 Å². The standard InChI is InChI=1S/C25H21NO6S/c1-4-31-25(29)21-20(15-9-11-17(30-3)12-10-15)14(2)33-23(21)26-22(27)18-13-16-7-5-6-8-19(16)32-24(18)28/h5-13H,4H2,1-3H3,(H,26,27). The van der Waals surface area contributed by atoms with E-state index in [1.165, 1.54) is 17.4 Å². The van der Waals surface area contributed by atoms with Gasteiger partial charge in [0.25, 0.3) is 5.91 Å². The zero-order valence-electron chi connectivity index (χ0n) is 18.3. The summed E-state index contributed by atoms with van der Waals surface area (Å²) in [4.78, 5) is 39.1. The highest BCUT2D eigenvalue weighted by Crippen LogP contribution is 2.41. The van der Waals surface area contributed by atoms with Crippen LogP contribution in [0.4, 0.5) is 5.00 Å². The van der Waals surface area contributed by atoms with Crippen LogP contribution in [0, 0.1) is 6.92 Å². The molecule has 0 fully saturated rings. The van der Waals surface area contributed by atoms with Gasteiger partial charge in [-0.1, -0.05) is 30.3 Å². The van der Waals surface area contributed by atoms with Gasteiger partial charge >= 0.3 is 11.6 Å². The summed E-state index contributed by atoms with van der Waals surface area (Å²) >= 11 is 1.24.